The van der Waals surface area contributed by atoms with Crippen LogP contribution in [0, 0.1) is 0 Å². The van der Waals surface area contributed by atoms with Crippen LogP contribution in [0.4, 0.5) is 0 Å². The molecule has 0 rings (SSSR count). The van der Waals surface area contributed by atoms with Crippen LogP contribution in [0.1, 0.15) is 13.8 Å². The van der Waals surface area contributed by atoms with Gasteiger partial charge in [-0.25, -0.2) is 0 Å². The SMILES string of the molecule is CC(=O)SCC(=O)NCC(=O)NCC(=O)NCC(C)O. The van der Waals surface area contributed by atoms with Crippen molar-refractivity contribution in [3.8, 4) is 0 Å². The Kier molecular flexibility index (Phi) is 9.39. The highest BCUT2D eigenvalue weighted by atomic mass is 32.2. The van der Waals surface area contributed by atoms with Gasteiger partial charge >= 0.3 is 0 Å². The lowest BCUT2D eigenvalue weighted by atomic mass is 10.4. The van der Waals surface area contributed by atoms with E-state index in [4.69, 9.17) is 5.11 Å². The maximum absolute atomic E-state index is 11.3. The zero-order chi connectivity index (χ0) is 15.5. The van der Waals surface area contributed by atoms with E-state index in [0.29, 0.717) is 0 Å². The monoisotopic (exact) mass is 305 g/mol. The third kappa shape index (κ3) is 11.5. The van der Waals surface area contributed by atoms with E-state index in [0.717, 1.165) is 11.8 Å². The van der Waals surface area contributed by atoms with Crippen LogP contribution < -0.4 is 16.0 Å². The average molecular weight is 305 g/mol. The number of nitrogens with one attached hydrogen (secondary N) is 3. The zero-order valence-corrected chi connectivity index (χ0v) is 12.2. The number of hydrogen-bond acceptors (Lipinski definition) is 6. The molecule has 3 amide bonds. The first-order valence-corrected chi connectivity index (χ1v) is 6.91. The molecule has 0 fully saturated rings. The third-order valence-electron chi connectivity index (χ3n) is 1.89. The molecule has 4 N–H and O–H groups in total. The summed E-state index contributed by atoms with van der Waals surface area (Å²) in [5.41, 5.74) is 0. The quantitative estimate of drug-likeness (QED) is 0.411. The van der Waals surface area contributed by atoms with Crippen molar-refractivity contribution in [3.05, 3.63) is 0 Å². The molecule has 0 spiro atoms. The van der Waals surface area contributed by atoms with Gasteiger partial charge in [0.05, 0.1) is 24.9 Å². The number of thioether (sulfide) groups is 1. The van der Waals surface area contributed by atoms with E-state index in [9.17, 15) is 19.2 Å². The lowest BCUT2D eigenvalue weighted by Crippen LogP contribution is -2.43. The molecule has 8 nitrogen and oxygen atoms in total. The highest BCUT2D eigenvalue weighted by Crippen LogP contribution is 1.98. The summed E-state index contributed by atoms with van der Waals surface area (Å²) in [6.07, 6.45) is -0.660. The summed E-state index contributed by atoms with van der Waals surface area (Å²) < 4.78 is 0. The topological polar surface area (TPSA) is 125 Å². The molecule has 20 heavy (non-hydrogen) atoms. The maximum Gasteiger partial charge on any atom is 0.239 e. The van der Waals surface area contributed by atoms with Gasteiger partial charge in [0.2, 0.25) is 17.7 Å². The summed E-state index contributed by atoms with van der Waals surface area (Å²) in [6, 6.07) is 0. The first kappa shape index (κ1) is 18.4. The molecule has 0 aliphatic carbocycles. The summed E-state index contributed by atoms with van der Waals surface area (Å²) in [5.74, 6) is -1.42. The Morgan fingerprint density at radius 3 is 2.00 bits per heavy atom. The lowest BCUT2D eigenvalue weighted by Gasteiger charge is -2.08. The molecular weight excluding hydrogens is 286 g/mol. The van der Waals surface area contributed by atoms with E-state index in [2.05, 4.69) is 16.0 Å². The Morgan fingerprint density at radius 1 is 1.00 bits per heavy atom. The number of rotatable bonds is 8. The van der Waals surface area contributed by atoms with Gasteiger partial charge in [-0.2, -0.15) is 0 Å². The van der Waals surface area contributed by atoms with Crippen molar-refractivity contribution in [2.24, 2.45) is 0 Å². The van der Waals surface area contributed by atoms with Crippen LogP contribution >= 0.6 is 11.8 Å². The first-order valence-electron chi connectivity index (χ1n) is 5.92. The second-order valence-electron chi connectivity index (χ2n) is 3.99. The second-order valence-corrected chi connectivity index (χ2v) is 5.14. The number of carbonyl (C=O) groups is 4. The van der Waals surface area contributed by atoms with Crippen LogP contribution in [0.5, 0.6) is 0 Å². The Bertz CT molecular complexity index is 373. The summed E-state index contributed by atoms with van der Waals surface area (Å²) >= 11 is 0.848. The fourth-order valence-corrected chi connectivity index (χ4v) is 1.40. The molecule has 1 atom stereocenters. The minimum absolute atomic E-state index is 0.0442. The Balaban J connectivity index is 3.70. The van der Waals surface area contributed by atoms with Crippen molar-refractivity contribution in [3.63, 3.8) is 0 Å². The average Bonchev–Trinajstić information content (AvgIpc) is 2.37. The van der Waals surface area contributed by atoms with Crippen LogP contribution in [-0.2, 0) is 19.2 Å². The summed E-state index contributed by atoms with van der Waals surface area (Å²) in [6.45, 7) is 2.47. The van der Waals surface area contributed by atoms with Crippen molar-refractivity contribution in [1.82, 2.24) is 16.0 Å². The van der Waals surface area contributed by atoms with Crippen LogP contribution in [0.25, 0.3) is 0 Å². The molecule has 0 bridgehead atoms. The standard InChI is InChI=1S/C11H19N3O5S/c1-7(15)3-12-9(17)4-13-10(18)5-14-11(19)6-20-8(2)16/h7,15H,3-6H2,1-2H3,(H,12,17)(H,13,18)(H,14,19). The Labute approximate surface area is 121 Å². The van der Waals surface area contributed by atoms with Gasteiger partial charge in [-0.15, -0.1) is 0 Å². The predicted molar refractivity (Wildman–Crippen MR) is 73.8 cm³/mol. The number of aliphatic hydroxyl groups is 1. The van der Waals surface area contributed by atoms with Gasteiger partial charge in [0.25, 0.3) is 0 Å². The van der Waals surface area contributed by atoms with Crippen molar-refractivity contribution in [2.45, 2.75) is 20.0 Å². The third-order valence-corrected chi connectivity index (χ3v) is 2.71. The molecule has 9 heteroatoms. The normalized spacial score (nSPS) is 11.3. The highest BCUT2D eigenvalue weighted by Gasteiger charge is 2.08. The predicted octanol–water partition coefficient (Wildman–Crippen LogP) is -2.00. The molecule has 0 saturated heterocycles. The Morgan fingerprint density at radius 2 is 1.50 bits per heavy atom. The van der Waals surface area contributed by atoms with Crippen molar-refractivity contribution < 1.29 is 24.3 Å². The number of hydrogen-bond donors (Lipinski definition) is 4. The smallest absolute Gasteiger partial charge is 0.239 e. The molecule has 0 aromatic rings. The Hall–Kier alpha value is -1.61. The van der Waals surface area contributed by atoms with Gasteiger partial charge in [-0.1, -0.05) is 11.8 Å². The number of aliphatic hydroxyl groups excluding tert-OH is 1. The zero-order valence-electron chi connectivity index (χ0n) is 11.4. The molecule has 0 saturated carbocycles. The van der Waals surface area contributed by atoms with E-state index in [1.165, 1.54) is 13.8 Å². The lowest BCUT2D eigenvalue weighted by molar-refractivity contribution is -0.127. The molecule has 114 valence electrons. The van der Waals surface area contributed by atoms with Gasteiger partial charge in [-0.05, 0) is 6.92 Å². The van der Waals surface area contributed by atoms with Gasteiger partial charge in [0.1, 0.15) is 0 Å². The highest BCUT2D eigenvalue weighted by molar-refractivity contribution is 8.14. The first-order chi connectivity index (χ1) is 9.31. The number of carbonyl (C=O) groups excluding carboxylic acids is 4. The molecular formula is C11H19N3O5S. The molecule has 0 aliphatic rings. The minimum atomic E-state index is -0.660. The van der Waals surface area contributed by atoms with Crippen molar-refractivity contribution >= 4 is 34.6 Å². The summed E-state index contributed by atoms with van der Waals surface area (Å²) in [4.78, 5) is 44.3. The van der Waals surface area contributed by atoms with E-state index in [-0.39, 0.29) is 30.5 Å². The van der Waals surface area contributed by atoms with Gasteiger partial charge in [0.15, 0.2) is 5.12 Å². The van der Waals surface area contributed by atoms with E-state index in [1.54, 1.807) is 0 Å². The van der Waals surface area contributed by atoms with E-state index < -0.39 is 23.8 Å². The molecule has 0 aromatic carbocycles. The molecule has 0 aliphatic heterocycles. The summed E-state index contributed by atoms with van der Waals surface area (Å²) in [5, 5.41) is 15.8. The van der Waals surface area contributed by atoms with Crippen molar-refractivity contribution in [2.75, 3.05) is 25.4 Å². The van der Waals surface area contributed by atoms with Crippen LogP contribution in [0.15, 0.2) is 0 Å². The number of amides is 3. The van der Waals surface area contributed by atoms with Crippen LogP contribution in [0.3, 0.4) is 0 Å². The largest absolute Gasteiger partial charge is 0.392 e. The van der Waals surface area contributed by atoms with Gasteiger partial charge < -0.3 is 21.1 Å². The van der Waals surface area contributed by atoms with E-state index in [1.807, 2.05) is 0 Å². The van der Waals surface area contributed by atoms with Crippen LogP contribution in [-0.4, -0.2) is 59.4 Å². The molecule has 0 aromatic heterocycles. The van der Waals surface area contributed by atoms with Gasteiger partial charge in [0, 0.05) is 13.5 Å². The minimum Gasteiger partial charge on any atom is -0.392 e. The fraction of sp³-hybridized carbons (Fsp3) is 0.636. The maximum atomic E-state index is 11.3. The fourth-order valence-electron chi connectivity index (χ4n) is 0.962. The molecule has 1 unspecified atom stereocenters. The second kappa shape index (κ2) is 10.2. The van der Waals surface area contributed by atoms with E-state index >= 15 is 0 Å². The van der Waals surface area contributed by atoms with Crippen LogP contribution in [0.2, 0.25) is 0 Å². The molecule has 0 heterocycles. The summed E-state index contributed by atoms with van der Waals surface area (Å²) in [7, 11) is 0. The molecule has 0 radical (unpaired) electrons. The van der Waals surface area contributed by atoms with Crippen molar-refractivity contribution in [1.29, 1.82) is 0 Å². The van der Waals surface area contributed by atoms with Gasteiger partial charge in [-0.3, -0.25) is 19.2 Å².